The van der Waals surface area contributed by atoms with Gasteiger partial charge in [-0.05, 0) is 24.8 Å². The molecule has 1 fully saturated rings. The molecule has 0 spiro atoms. The van der Waals surface area contributed by atoms with Gasteiger partial charge < -0.3 is 4.74 Å². The Balaban J connectivity index is 1.87. The van der Waals surface area contributed by atoms with Gasteiger partial charge in [0.1, 0.15) is 0 Å². The topological polar surface area (TPSA) is 9.23 Å². The second kappa shape index (κ2) is 5.32. The van der Waals surface area contributed by atoms with Crippen molar-refractivity contribution in [3.8, 4) is 0 Å². The molecule has 0 bridgehead atoms. The molecule has 0 amide bonds. The Labute approximate surface area is 92.5 Å². The summed E-state index contributed by atoms with van der Waals surface area (Å²) in [7, 11) is 0. The van der Waals surface area contributed by atoms with Crippen LogP contribution in [0.15, 0.2) is 30.3 Å². The maximum atomic E-state index is 6.05. The zero-order chi connectivity index (χ0) is 10.5. The molecule has 1 nitrogen and oxygen atoms in total. The van der Waals surface area contributed by atoms with Gasteiger partial charge in [0.25, 0.3) is 0 Å². The van der Waals surface area contributed by atoms with Crippen LogP contribution in [0.1, 0.15) is 50.7 Å². The minimum Gasteiger partial charge on any atom is -0.370 e. The molecular formula is C14H20O. The molecule has 1 aromatic carbocycles. The van der Waals surface area contributed by atoms with Gasteiger partial charge in [-0.3, -0.25) is 0 Å². The predicted octanol–water partition coefficient (Wildman–Crippen LogP) is 4.10. The molecule has 1 aromatic rings. The highest BCUT2D eigenvalue weighted by molar-refractivity contribution is 5.18. The minimum absolute atomic E-state index is 0.355. The monoisotopic (exact) mass is 204 g/mol. The number of hydrogen-bond acceptors (Lipinski definition) is 1. The van der Waals surface area contributed by atoms with E-state index in [9.17, 15) is 0 Å². The first kappa shape index (κ1) is 10.7. The van der Waals surface area contributed by atoms with Gasteiger partial charge >= 0.3 is 0 Å². The molecule has 15 heavy (non-hydrogen) atoms. The van der Waals surface area contributed by atoms with Crippen LogP contribution in [0.25, 0.3) is 0 Å². The van der Waals surface area contributed by atoms with Gasteiger partial charge in [0.2, 0.25) is 0 Å². The van der Waals surface area contributed by atoms with Crippen LogP contribution in [-0.4, -0.2) is 6.10 Å². The first-order valence-electron chi connectivity index (χ1n) is 6.10. The highest BCUT2D eigenvalue weighted by atomic mass is 16.5. The molecule has 2 atom stereocenters. The maximum Gasteiger partial charge on any atom is 0.0829 e. The van der Waals surface area contributed by atoms with E-state index in [4.69, 9.17) is 4.74 Å². The fourth-order valence-corrected chi connectivity index (χ4v) is 2.26. The van der Waals surface area contributed by atoms with Crippen molar-refractivity contribution in [2.24, 2.45) is 0 Å². The number of unbranched alkanes of at least 4 members (excludes halogenated alkanes) is 1. The van der Waals surface area contributed by atoms with E-state index in [1.54, 1.807) is 0 Å². The molecular weight excluding hydrogens is 184 g/mol. The molecule has 0 saturated carbocycles. The largest absolute Gasteiger partial charge is 0.370 e. The lowest BCUT2D eigenvalue weighted by atomic mass is 10.1. The maximum absolute atomic E-state index is 6.05. The number of ether oxygens (including phenoxy) is 1. The summed E-state index contributed by atoms with van der Waals surface area (Å²) in [6.07, 6.45) is 7.10. The third-order valence-electron chi connectivity index (χ3n) is 3.16. The van der Waals surface area contributed by atoms with Gasteiger partial charge in [0.05, 0.1) is 12.2 Å². The first-order chi connectivity index (χ1) is 7.40. The Morgan fingerprint density at radius 1 is 1.20 bits per heavy atom. The van der Waals surface area contributed by atoms with Crippen molar-refractivity contribution in [3.63, 3.8) is 0 Å². The van der Waals surface area contributed by atoms with Crippen molar-refractivity contribution in [2.75, 3.05) is 0 Å². The molecule has 0 N–H and O–H groups in total. The molecule has 0 radical (unpaired) electrons. The molecule has 0 unspecified atom stereocenters. The van der Waals surface area contributed by atoms with E-state index in [1.807, 2.05) is 0 Å². The summed E-state index contributed by atoms with van der Waals surface area (Å²) in [6.45, 7) is 2.24. The van der Waals surface area contributed by atoms with Gasteiger partial charge in [-0.2, -0.15) is 0 Å². The molecule has 1 aliphatic heterocycles. The van der Waals surface area contributed by atoms with Crippen molar-refractivity contribution >= 4 is 0 Å². The average molecular weight is 204 g/mol. The van der Waals surface area contributed by atoms with Gasteiger partial charge in [-0.15, -0.1) is 0 Å². The van der Waals surface area contributed by atoms with Crippen LogP contribution >= 0.6 is 0 Å². The van der Waals surface area contributed by atoms with Crippen molar-refractivity contribution in [1.82, 2.24) is 0 Å². The summed E-state index contributed by atoms with van der Waals surface area (Å²) in [5, 5.41) is 0. The van der Waals surface area contributed by atoms with E-state index in [1.165, 1.54) is 37.7 Å². The third-order valence-corrected chi connectivity index (χ3v) is 3.16. The Hall–Kier alpha value is -0.820. The summed E-state index contributed by atoms with van der Waals surface area (Å²) in [5.41, 5.74) is 1.34. The van der Waals surface area contributed by atoms with Crippen molar-refractivity contribution < 1.29 is 4.74 Å². The molecule has 1 saturated heterocycles. The Morgan fingerprint density at radius 2 is 2.00 bits per heavy atom. The lowest BCUT2D eigenvalue weighted by Gasteiger charge is -2.13. The standard InChI is InChI=1S/C14H20O/c1-2-3-9-13-10-11-14(15-13)12-7-5-4-6-8-12/h4-8,13-14H,2-3,9-11H2,1H3/t13-,14-/m0/s1. The summed E-state index contributed by atoms with van der Waals surface area (Å²) in [6, 6.07) is 10.6. The number of benzene rings is 1. The number of rotatable bonds is 4. The van der Waals surface area contributed by atoms with E-state index in [0.29, 0.717) is 12.2 Å². The van der Waals surface area contributed by atoms with Crippen molar-refractivity contribution in [3.05, 3.63) is 35.9 Å². The zero-order valence-electron chi connectivity index (χ0n) is 9.49. The fourth-order valence-electron chi connectivity index (χ4n) is 2.26. The van der Waals surface area contributed by atoms with Crippen molar-refractivity contribution in [1.29, 1.82) is 0 Å². The second-order valence-corrected chi connectivity index (χ2v) is 4.38. The van der Waals surface area contributed by atoms with Crippen LogP contribution in [0.5, 0.6) is 0 Å². The molecule has 82 valence electrons. The summed E-state index contributed by atoms with van der Waals surface area (Å²) < 4.78 is 6.05. The molecule has 1 heteroatoms. The Kier molecular flexibility index (Phi) is 3.79. The smallest absolute Gasteiger partial charge is 0.0829 e. The van der Waals surface area contributed by atoms with Crippen LogP contribution in [0.3, 0.4) is 0 Å². The van der Waals surface area contributed by atoms with Crippen LogP contribution in [-0.2, 0) is 4.74 Å². The second-order valence-electron chi connectivity index (χ2n) is 4.38. The van der Waals surface area contributed by atoms with E-state index in [2.05, 4.69) is 37.3 Å². The van der Waals surface area contributed by atoms with E-state index < -0.39 is 0 Å². The predicted molar refractivity (Wildman–Crippen MR) is 62.8 cm³/mol. The van der Waals surface area contributed by atoms with Crippen LogP contribution in [0, 0.1) is 0 Å². The highest BCUT2D eigenvalue weighted by Gasteiger charge is 2.25. The van der Waals surface area contributed by atoms with Gasteiger partial charge in [-0.1, -0.05) is 50.1 Å². The zero-order valence-corrected chi connectivity index (χ0v) is 9.49. The normalized spacial score (nSPS) is 25.7. The molecule has 2 rings (SSSR count). The quantitative estimate of drug-likeness (QED) is 0.717. The molecule has 0 aromatic heterocycles. The fraction of sp³-hybridized carbons (Fsp3) is 0.571. The molecule has 1 heterocycles. The summed E-state index contributed by atoms with van der Waals surface area (Å²) >= 11 is 0. The first-order valence-corrected chi connectivity index (χ1v) is 6.10. The molecule has 1 aliphatic rings. The van der Waals surface area contributed by atoms with Gasteiger partial charge in [0, 0.05) is 0 Å². The van der Waals surface area contributed by atoms with Gasteiger partial charge in [0.15, 0.2) is 0 Å². The average Bonchev–Trinajstić information content (AvgIpc) is 2.76. The SMILES string of the molecule is CCCC[C@H]1CC[C@@H](c2ccccc2)O1. The van der Waals surface area contributed by atoms with Gasteiger partial charge in [-0.25, -0.2) is 0 Å². The van der Waals surface area contributed by atoms with Crippen LogP contribution in [0.4, 0.5) is 0 Å². The third kappa shape index (κ3) is 2.82. The Morgan fingerprint density at radius 3 is 2.73 bits per heavy atom. The van der Waals surface area contributed by atoms with Crippen LogP contribution in [0.2, 0.25) is 0 Å². The minimum atomic E-state index is 0.355. The van der Waals surface area contributed by atoms with E-state index in [0.717, 1.165) is 0 Å². The highest BCUT2D eigenvalue weighted by Crippen LogP contribution is 2.34. The summed E-state index contributed by atoms with van der Waals surface area (Å²) in [5.74, 6) is 0. The Bertz CT molecular complexity index is 281. The van der Waals surface area contributed by atoms with Crippen molar-refractivity contribution in [2.45, 2.75) is 51.2 Å². The van der Waals surface area contributed by atoms with E-state index >= 15 is 0 Å². The summed E-state index contributed by atoms with van der Waals surface area (Å²) in [4.78, 5) is 0. The molecule has 0 aliphatic carbocycles. The van der Waals surface area contributed by atoms with E-state index in [-0.39, 0.29) is 0 Å². The lowest BCUT2D eigenvalue weighted by Crippen LogP contribution is -2.05. The lowest BCUT2D eigenvalue weighted by molar-refractivity contribution is 0.0388. The number of hydrogen-bond donors (Lipinski definition) is 0. The van der Waals surface area contributed by atoms with Crippen LogP contribution < -0.4 is 0 Å².